The Morgan fingerprint density at radius 3 is 1.50 bits per heavy atom. The Balaban J connectivity index is 4.86. The summed E-state index contributed by atoms with van der Waals surface area (Å²) in [4.78, 5) is 0. The van der Waals surface area contributed by atoms with Crippen LogP contribution in [0.4, 0.5) is 0 Å². The van der Waals surface area contributed by atoms with Gasteiger partial charge in [0.15, 0.2) is 0 Å². The van der Waals surface area contributed by atoms with E-state index < -0.39 is 0 Å². The molecule has 0 heterocycles. The average molecular weight is 275 g/mol. The first-order valence-corrected chi connectivity index (χ1v) is 7.25. The third kappa shape index (κ3) is 6.44. The van der Waals surface area contributed by atoms with Crippen LogP contribution in [0.3, 0.4) is 0 Å². The summed E-state index contributed by atoms with van der Waals surface area (Å²) in [5.41, 5.74) is 0.296. The molecule has 2 nitrogen and oxygen atoms in total. The molecule has 0 aromatic heterocycles. The van der Waals surface area contributed by atoms with Gasteiger partial charge in [-0.05, 0) is 75.7 Å². The normalized spacial score (nSPS) is 15.3. The van der Waals surface area contributed by atoms with E-state index in [1.165, 1.54) is 0 Å². The van der Waals surface area contributed by atoms with Crippen molar-refractivity contribution in [3.05, 3.63) is 0 Å². The first kappa shape index (κ1) is 18.3. The van der Waals surface area contributed by atoms with Crippen LogP contribution in [0, 0.1) is 0 Å². The summed E-state index contributed by atoms with van der Waals surface area (Å²) >= 11 is 4.72. The molecule has 0 amide bonds. The molecule has 0 bridgehead atoms. The quantitative estimate of drug-likeness (QED) is 0.744. The van der Waals surface area contributed by atoms with Crippen molar-refractivity contribution in [3.8, 4) is 0 Å². The smallest absolute Gasteiger partial charge is 0.0278 e. The van der Waals surface area contributed by atoms with Gasteiger partial charge in [-0.15, -0.1) is 0 Å². The number of hydrogen-bond acceptors (Lipinski definition) is 3. The van der Waals surface area contributed by atoms with Crippen molar-refractivity contribution >= 4 is 12.8 Å². The van der Waals surface area contributed by atoms with Crippen molar-refractivity contribution < 1.29 is 0 Å². The lowest BCUT2D eigenvalue weighted by molar-refractivity contribution is 0.0981. The third-order valence-electron chi connectivity index (χ3n) is 2.80. The predicted octanol–water partition coefficient (Wildman–Crippen LogP) is 4.27. The van der Waals surface area contributed by atoms with Gasteiger partial charge in [-0.25, -0.2) is 4.31 Å². The first-order valence-electron chi connectivity index (χ1n) is 6.85. The minimum Gasteiger partial charge on any atom is -0.307 e. The molecule has 0 spiro atoms. The molecule has 0 aliphatic carbocycles. The maximum atomic E-state index is 4.72. The predicted molar refractivity (Wildman–Crippen MR) is 86.2 cm³/mol. The molecule has 0 atom stereocenters. The maximum absolute atomic E-state index is 4.72. The number of nitrogens with zero attached hydrogens (tertiary/aromatic N) is 1. The van der Waals surface area contributed by atoms with Crippen molar-refractivity contribution in [1.29, 1.82) is 0 Å². The lowest BCUT2D eigenvalue weighted by atomic mass is 9.83. The van der Waals surface area contributed by atoms with Crippen LogP contribution < -0.4 is 5.32 Å². The molecule has 18 heavy (non-hydrogen) atoms. The molecule has 110 valence electrons. The van der Waals surface area contributed by atoms with Crippen molar-refractivity contribution in [3.63, 3.8) is 0 Å². The fourth-order valence-electron chi connectivity index (χ4n) is 3.12. The summed E-state index contributed by atoms with van der Waals surface area (Å²) in [6, 6.07) is 0. The molecular weight excluding hydrogens is 240 g/mol. The van der Waals surface area contributed by atoms with Crippen molar-refractivity contribution in [2.24, 2.45) is 0 Å². The molecule has 0 aromatic carbocycles. The minimum atomic E-state index is 0.0309. The fraction of sp³-hybridized carbons (Fsp3) is 1.00. The zero-order valence-electron chi connectivity index (χ0n) is 14.1. The Morgan fingerprint density at radius 2 is 1.22 bits per heavy atom. The van der Waals surface area contributed by atoms with Crippen LogP contribution in [0.1, 0.15) is 75.7 Å². The molecule has 0 radical (unpaired) electrons. The number of rotatable bonds is 4. The SMILES string of the molecule is CC(C)(C)NC(C)(C)CC(C)(C)N(S)C(C)(C)C. The second-order valence-corrected chi connectivity index (χ2v) is 9.13. The van der Waals surface area contributed by atoms with Crippen LogP contribution in [-0.4, -0.2) is 26.5 Å². The van der Waals surface area contributed by atoms with E-state index >= 15 is 0 Å². The number of nitrogens with one attached hydrogen (secondary N) is 1. The molecule has 0 aliphatic heterocycles. The molecule has 0 saturated carbocycles. The summed E-state index contributed by atoms with van der Waals surface area (Å²) in [5.74, 6) is 0. The van der Waals surface area contributed by atoms with E-state index in [1.807, 2.05) is 0 Å². The molecule has 0 aromatic rings. The Morgan fingerprint density at radius 1 is 0.833 bits per heavy atom. The highest BCUT2D eigenvalue weighted by Crippen LogP contribution is 2.33. The van der Waals surface area contributed by atoms with Crippen molar-refractivity contribution in [2.75, 3.05) is 0 Å². The summed E-state index contributed by atoms with van der Waals surface area (Å²) < 4.78 is 2.17. The van der Waals surface area contributed by atoms with Crippen LogP contribution in [0.5, 0.6) is 0 Å². The standard InChI is InChI=1S/C15H34N2S/c1-12(2,3)16-14(7,8)11-15(9,10)17(18)13(4,5)6/h16,18H,11H2,1-10H3. The second-order valence-electron chi connectivity index (χ2n) is 8.73. The Bertz CT molecular complexity index is 269. The molecular formula is C15H34N2S. The van der Waals surface area contributed by atoms with Gasteiger partial charge in [0, 0.05) is 22.2 Å². The molecule has 0 fully saturated rings. The largest absolute Gasteiger partial charge is 0.307 e. The second kappa shape index (κ2) is 5.34. The maximum Gasteiger partial charge on any atom is 0.0278 e. The number of thiol groups is 1. The Labute approximate surface area is 120 Å². The summed E-state index contributed by atoms with van der Waals surface area (Å²) in [7, 11) is 0. The van der Waals surface area contributed by atoms with Gasteiger partial charge in [-0.2, -0.15) is 0 Å². The Hall–Kier alpha value is 0.270. The van der Waals surface area contributed by atoms with Gasteiger partial charge in [-0.3, -0.25) is 0 Å². The van der Waals surface area contributed by atoms with Gasteiger partial charge in [0.25, 0.3) is 0 Å². The van der Waals surface area contributed by atoms with Gasteiger partial charge in [0.2, 0.25) is 0 Å². The van der Waals surface area contributed by atoms with Gasteiger partial charge in [0.05, 0.1) is 0 Å². The molecule has 0 unspecified atom stereocenters. The van der Waals surface area contributed by atoms with Crippen LogP contribution in [0.25, 0.3) is 0 Å². The van der Waals surface area contributed by atoms with Gasteiger partial charge >= 0.3 is 0 Å². The van der Waals surface area contributed by atoms with E-state index in [4.69, 9.17) is 12.8 Å². The van der Waals surface area contributed by atoms with Crippen LogP contribution in [-0.2, 0) is 0 Å². The monoisotopic (exact) mass is 274 g/mol. The van der Waals surface area contributed by atoms with Crippen LogP contribution in [0.2, 0.25) is 0 Å². The highest BCUT2D eigenvalue weighted by Gasteiger charge is 2.38. The van der Waals surface area contributed by atoms with Gasteiger partial charge < -0.3 is 5.32 Å². The van der Waals surface area contributed by atoms with Crippen molar-refractivity contribution in [2.45, 2.75) is 97.8 Å². The fourth-order valence-corrected chi connectivity index (χ4v) is 3.19. The molecule has 0 saturated heterocycles. The van der Waals surface area contributed by atoms with E-state index in [1.54, 1.807) is 0 Å². The van der Waals surface area contributed by atoms with E-state index in [2.05, 4.69) is 78.9 Å². The molecule has 3 heteroatoms. The lowest BCUT2D eigenvalue weighted by Gasteiger charge is -2.48. The molecule has 1 N–H and O–H groups in total. The summed E-state index contributed by atoms with van der Waals surface area (Å²) in [5, 5.41) is 3.70. The topological polar surface area (TPSA) is 15.3 Å². The Kier molecular flexibility index (Phi) is 5.42. The third-order valence-corrected chi connectivity index (χ3v) is 3.94. The van der Waals surface area contributed by atoms with Crippen molar-refractivity contribution in [1.82, 2.24) is 9.62 Å². The molecule has 0 aliphatic rings. The van der Waals surface area contributed by atoms with E-state index in [9.17, 15) is 0 Å². The summed E-state index contributed by atoms with van der Waals surface area (Å²) in [6.07, 6.45) is 1.04. The first-order chi connectivity index (χ1) is 7.57. The lowest BCUT2D eigenvalue weighted by Crippen LogP contribution is -2.57. The van der Waals surface area contributed by atoms with Gasteiger partial charge in [-0.1, -0.05) is 12.8 Å². The van der Waals surface area contributed by atoms with Crippen LogP contribution in [0.15, 0.2) is 0 Å². The van der Waals surface area contributed by atoms with E-state index in [-0.39, 0.29) is 22.2 Å². The number of hydrogen-bond donors (Lipinski definition) is 2. The van der Waals surface area contributed by atoms with E-state index in [0.29, 0.717) is 0 Å². The minimum absolute atomic E-state index is 0.0309. The highest BCUT2D eigenvalue weighted by molar-refractivity contribution is 7.77. The summed E-state index contributed by atoms with van der Waals surface area (Å²) in [6.45, 7) is 22.3. The zero-order valence-corrected chi connectivity index (χ0v) is 15.0. The average Bonchev–Trinajstić information content (AvgIpc) is 1.93. The van der Waals surface area contributed by atoms with Crippen LogP contribution >= 0.6 is 12.8 Å². The molecule has 0 rings (SSSR count). The zero-order chi connectivity index (χ0) is 15.0. The highest BCUT2D eigenvalue weighted by atomic mass is 32.1. The van der Waals surface area contributed by atoms with E-state index in [0.717, 1.165) is 6.42 Å². The van der Waals surface area contributed by atoms with Gasteiger partial charge in [0.1, 0.15) is 0 Å².